The maximum absolute atomic E-state index is 6.01. The summed E-state index contributed by atoms with van der Waals surface area (Å²) in [7, 11) is 0. The van der Waals surface area contributed by atoms with Crippen molar-refractivity contribution in [2.24, 2.45) is 5.16 Å². The Bertz CT molecular complexity index is 353. The van der Waals surface area contributed by atoms with Gasteiger partial charge in [-0.05, 0) is 22.0 Å². The Morgan fingerprint density at radius 1 is 1.46 bits per heavy atom. The molecule has 1 aliphatic heterocycles. The lowest BCUT2D eigenvalue weighted by Gasteiger charge is -2.09. The molecule has 0 saturated heterocycles. The van der Waals surface area contributed by atoms with Gasteiger partial charge in [0.15, 0.2) is 6.10 Å². The molecule has 68 valence electrons. The number of nitrogens with zero attached hydrogens (tertiary/aromatic N) is 1. The molecule has 0 N–H and O–H groups in total. The molecule has 0 saturated carbocycles. The average molecular weight is 261 g/mol. The van der Waals surface area contributed by atoms with E-state index in [1.165, 1.54) is 0 Å². The minimum atomic E-state index is -0.0388. The number of hydrogen-bond acceptors (Lipinski definition) is 2. The molecule has 1 heterocycles. The van der Waals surface area contributed by atoms with E-state index >= 15 is 0 Å². The van der Waals surface area contributed by atoms with Crippen molar-refractivity contribution in [1.29, 1.82) is 0 Å². The van der Waals surface area contributed by atoms with Crippen LogP contribution in [-0.2, 0) is 4.84 Å². The first-order valence-electron chi connectivity index (χ1n) is 3.90. The highest BCUT2D eigenvalue weighted by Crippen LogP contribution is 2.32. The van der Waals surface area contributed by atoms with Crippen LogP contribution in [-0.4, -0.2) is 4.62 Å². The van der Waals surface area contributed by atoms with E-state index < -0.39 is 0 Å². The summed E-state index contributed by atoms with van der Waals surface area (Å²) < 4.78 is 0.831. The maximum atomic E-state index is 6.01. The van der Waals surface area contributed by atoms with Gasteiger partial charge in [0, 0.05) is 17.0 Å². The lowest BCUT2D eigenvalue weighted by atomic mass is 10.1. The summed E-state index contributed by atoms with van der Waals surface area (Å²) in [6, 6.07) is 7.65. The Kier molecular flexibility index (Phi) is 2.56. The lowest BCUT2D eigenvalue weighted by molar-refractivity contribution is 0.0858. The Morgan fingerprint density at radius 2 is 2.23 bits per heavy atom. The van der Waals surface area contributed by atoms with Crippen molar-refractivity contribution in [2.45, 2.75) is 12.5 Å². The van der Waals surface area contributed by atoms with Gasteiger partial charge in [-0.15, -0.1) is 0 Å². The Labute approximate surface area is 89.7 Å². The van der Waals surface area contributed by atoms with Crippen molar-refractivity contribution in [1.82, 2.24) is 0 Å². The fourth-order valence-corrected chi connectivity index (χ4v) is 1.89. The zero-order valence-corrected chi connectivity index (χ0v) is 9.05. The second kappa shape index (κ2) is 3.68. The van der Waals surface area contributed by atoms with E-state index in [0.717, 1.165) is 21.6 Å². The van der Waals surface area contributed by atoms with E-state index in [2.05, 4.69) is 21.1 Å². The van der Waals surface area contributed by atoms with E-state index in [9.17, 15) is 0 Å². The summed E-state index contributed by atoms with van der Waals surface area (Å²) >= 11 is 9.29. The molecule has 1 aromatic rings. The molecule has 0 aliphatic carbocycles. The van der Waals surface area contributed by atoms with Gasteiger partial charge in [0.2, 0.25) is 0 Å². The SMILES string of the molecule is Clc1ccccc1[C@H]1CC(Br)=NO1. The van der Waals surface area contributed by atoms with Gasteiger partial charge in [-0.25, -0.2) is 0 Å². The zero-order chi connectivity index (χ0) is 9.26. The molecule has 0 amide bonds. The Hall–Kier alpha value is -0.540. The van der Waals surface area contributed by atoms with Crippen LogP contribution in [0.2, 0.25) is 5.02 Å². The van der Waals surface area contributed by atoms with Crippen molar-refractivity contribution in [3.8, 4) is 0 Å². The minimum Gasteiger partial charge on any atom is -0.386 e. The normalized spacial score (nSPS) is 21.1. The molecule has 2 nitrogen and oxygen atoms in total. The molecule has 1 aliphatic rings. The predicted octanol–water partition coefficient (Wildman–Crippen LogP) is 3.51. The maximum Gasteiger partial charge on any atom is 0.160 e. The quantitative estimate of drug-likeness (QED) is 0.757. The molecule has 0 fully saturated rings. The Morgan fingerprint density at radius 3 is 2.85 bits per heavy atom. The largest absolute Gasteiger partial charge is 0.386 e. The van der Waals surface area contributed by atoms with Crippen LogP contribution < -0.4 is 0 Å². The minimum absolute atomic E-state index is 0.0388. The van der Waals surface area contributed by atoms with Crippen LogP contribution >= 0.6 is 27.5 Å². The first kappa shape index (κ1) is 9.03. The second-order valence-corrected chi connectivity index (χ2v) is 4.11. The highest BCUT2D eigenvalue weighted by atomic mass is 79.9. The van der Waals surface area contributed by atoms with Crippen LogP contribution in [0.5, 0.6) is 0 Å². The third kappa shape index (κ3) is 1.86. The second-order valence-electron chi connectivity index (χ2n) is 2.79. The van der Waals surface area contributed by atoms with Crippen molar-refractivity contribution in [2.75, 3.05) is 0 Å². The van der Waals surface area contributed by atoms with Crippen LogP contribution in [0.3, 0.4) is 0 Å². The topological polar surface area (TPSA) is 21.6 Å². The molecular weight excluding hydrogens is 253 g/mol. The van der Waals surface area contributed by atoms with Crippen molar-refractivity contribution in [3.05, 3.63) is 34.9 Å². The van der Waals surface area contributed by atoms with Gasteiger partial charge in [-0.1, -0.05) is 35.0 Å². The summed E-state index contributed by atoms with van der Waals surface area (Å²) in [5, 5.41) is 4.54. The summed E-state index contributed by atoms with van der Waals surface area (Å²) in [6.07, 6.45) is 0.715. The zero-order valence-electron chi connectivity index (χ0n) is 6.71. The first-order valence-corrected chi connectivity index (χ1v) is 5.07. The number of rotatable bonds is 1. The smallest absolute Gasteiger partial charge is 0.160 e. The van der Waals surface area contributed by atoms with Crippen LogP contribution in [0.15, 0.2) is 29.4 Å². The summed E-state index contributed by atoms with van der Waals surface area (Å²) in [4.78, 5) is 5.19. The van der Waals surface area contributed by atoms with Gasteiger partial charge in [-0.3, -0.25) is 0 Å². The third-order valence-corrected chi connectivity index (χ3v) is 2.70. The van der Waals surface area contributed by atoms with Crippen molar-refractivity contribution in [3.63, 3.8) is 0 Å². The summed E-state index contributed by atoms with van der Waals surface area (Å²) in [5.41, 5.74) is 0.988. The fourth-order valence-electron chi connectivity index (χ4n) is 1.25. The number of hydrogen-bond donors (Lipinski definition) is 0. The molecule has 1 aromatic carbocycles. The molecule has 2 rings (SSSR count). The summed E-state index contributed by atoms with van der Waals surface area (Å²) in [5.74, 6) is 0. The van der Waals surface area contributed by atoms with Crippen LogP contribution in [0, 0.1) is 0 Å². The first-order chi connectivity index (χ1) is 6.27. The van der Waals surface area contributed by atoms with Gasteiger partial charge < -0.3 is 4.84 Å². The van der Waals surface area contributed by atoms with Gasteiger partial charge in [0.25, 0.3) is 0 Å². The highest BCUT2D eigenvalue weighted by Gasteiger charge is 2.22. The monoisotopic (exact) mass is 259 g/mol. The van der Waals surface area contributed by atoms with Crippen LogP contribution in [0.4, 0.5) is 0 Å². The van der Waals surface area contributed by atoms with Crippen molar-refractivity contribution < 1.29 is 4.84 Å². The van der Waals surface area contributed by atoms with Gasteiger partial charge in [-0.2, -0.15) is 0 Å². The fraction of sp³-hybridized carbons (Fsp3) is 0.222. The standard InChI is InChI=1S/C9H7BrClNO/c10-9-5-8(13-12-9)6-3-1-2-4-7(6)11/h1-4,8H,5H2/t8-/m1/s1. The third-order valence-electron chi connectivity index (χ3n) is 1.88. The number of benzene rings is 1. The van der Waals surface area contributed by atoms with E-state index in [0.29, 0.717) is 0 Å². The molecule has 0 bridgehead atoms. The van der Waals surface area contributed by atoms with E-state index in [1.54, 1.807) is 0 Å². The molecule has 0 aromatic heterocycles. The van der Waals surface area contributed by atoms with E-state index in [1.807, 2.05) is 24.3 Å². The van der Waals surface area contributed by atoms with E-state index in [4.69, 9.17) is 16.4 Å². The molecule has 13 heavy (non-hydrogen) atoms. The molecule has 4 heteroatoms. The highest BCUT2D eigenvalue weighted by molar-refractivity contribution is 9.18. The van der Waals surface area contributed by atoms with Gasteiger partial charge in [0.05, 0.1) is 0 Å². The lowest BCUT2D eigenvalue weighted by Crippen LogP contribution is -1.97. The van der Waals surface area contributed by atoms with E-state index in [-0.39, 0.29) is 6.10 Å². The molecule has 0 radical (unpaired) electrons. The van der Waals surface area contributed by atoms with Gasteiger partial charge >= 0.3 is 0 Å². The predicted molar refractivity (Wildman–Crippen MR) is 56.3 cm³/mol. The molecule has 1 atom stereocenters. The number of halogens is 2. The summed E-state index contributed by atoms with van der Waals surface area (Å²) in [6.45, 7) is 0. The van der Waals surface area contributed by atoms with Crippen LogP contribution in [0.25, 0.3) is 0 Å². The number of oxime groups is 1. The molecular formula is C9H7BrClNO. The molecule has 0 unspecified atom stereocenters. The van der Waals surface area contributed by atoms with Crippen molar-refractivity contribution >= 4 is 32.2 Å². The van der Waals surface area contributed by atoms with Gasteiger partial charge in [0.1, 0.15) is 4.62 Å². The Balaban J connectivity index is 2.23. The average Bonchev–Trinajstić information content (AvgIpc) is 2.53. The molecule has 0 spiro atoms. The van der Waals surface area contributed by atoms with Crippen LogP contribution in [0.1, 0.15) is 18.1 Å².